The van der Waals surface area contributed by atoms with Crippen molar-refractivity contribution in [2.45, 2.75) is 19.6 Å². The molecule has 16 heavy (non-hydrogen) atoms. The molecule has 0 aliphatic carbocycles. The van der Waals surface area contributed by atoms with E-state index >= 15 is 0 Å². The molecule has 84 valence electrons. The van der Waals surface area contributed by atoms with Crippen LogP contribution >= 0.6 is 22.6 Å². The molecule has 0 radical (unpaired) electrons. The molecule has 0 aliphatic heterocycles. The molecule has 0 amide bonds. The highest BCUT2D eigenvalue weighted by Crippen LogP contribution is 2.22. The van der Waals surface area contributed by atoms with Crippen molar-refractivity contribution in [1.82, 2.24) is 9.78 Å². The summed E-state index contributed by atoms with van der Waals surface area (Å²) in [5.74, 6) is 0. The van der Waals surface area contributed by atoms with Crippen molar-refractivity contribution in [3.63, 3.8) is 0 Å². The number of hydrogen-bond donors (Lipinski definition) is 1. The van der Waals surface area contributed by atoms with Crippen LogP contribution in [0.2, 0.25) is 0 Å². The number of aromatic nitrogens is 2. The van der Waals surface area contributed by atoms with Gasteiger partial charge in [0.2, 0.25) is 0 Å². The molecular weight excluding hydrogens is 315 g/mol. The van der Waals surface area contributed by atoms with Crippen molar-refractivity contribution < 1.29 is 5.11 Å². The largest absolute Gasteiger partial charge is 0.382 e. The van der Waals surface area contributed by atoms with Gasteiger partial charge in [0.1, 0.15) is 6.10 Å². The third kappa shape index (κ3) is 2.27. The maximum absolute atomic E-state index is 10.2. The minimum absolute atomic E-state index is 0.598. The maximum atomic E-state index is 10.2. The Labute approximate surface area is 108 Å². The number of halogens is 1. The quantitative estimate of drug-likeness (QED) is 0.880. The molecular formula is C12H13IN2O. The summed E-state index contributed by atoms with van der Waals surface area (Å²) in [5, 5.41) is 14.4. The first-order valence-electron chi connectivity index (χ1n) is 5.17. The second kappa shape index (κ2) is 4.97. The van der Waals surface area contributed by atoms with E-state index in [1.165, 1.54) is 0 Å². The van der Waals surface area contributed by atoms with Crippen LogP contribution < -0.4 is 0 Å². The summed E-state index contributed by atoms with van der Waals surface area (Å²) in [6.45, 7) is 2.78. The first kappa shape index (κ1) is 11.6. The normalized spacial score (nSPS) is 12.7. The summed E-state index contributed by atoms with van der Waals surface area (Å²) in [6, 6.07) is 9.72. The number of rotatable bonds is 3. The smallest absolute Gasteiger partial charge is 0.121 e. The second-order valence-corrected chi connectivity index (χ2v) is 4.77. The zero-order valence-electron chi connectivity index (χ0n) is 8.97. The molecule has 0 aliphatic rings. The molecule has 1 atom stereocenters. The van der Waals surface area contributed by atoms with E-state index in [0.29, 0.717) is 0 Å². The van der Waals surface area contributed by atoms with Crippen LogP contribution in [-0.2, 0) is 6.54 Å². The molecule has 0 saturated heterocycles. The van der Waals surface area contributed by atoms with Crippen LogP contribution in [0.4, 0.5) is 0 Å². The van der Waals surface area contributed by atoms with Gasteiger partial charge in [0.25, 0.3) is 0 Å². The Kier molecular flexibility index (Phi) is 3.60. The molecule has 0 saturated carbocycles. The fraction of sp³-hybridized carbons (Fsp3) is 0.250. The van der Waals surface area contributed by atoms with Gasteiger partial charge < -0.3 is 5.11 Å². The third-order valence-electron chi connectivity index (χ3n) is 2.51. The van der Waals surface area contributed by atoms with Crippen LogP contribution in [-0.4, -0.2) is 14.9 Å². The number of benzene rings is 1. The lowest BCUT2D eigenvalue weighted by Gasteiger charge is -2.12. The predicted molar refractivity (Wildman–Crippen MR) is 71.1 cm³/mol. The molecule has 3 nitrogen and oxygen atoms in total. The Morgan fingerprint density at radius 1 is 1.31 bits per heavy atom. The number of hydrogen-bond acceptors (Lipinski definition) is 2. The zero-order chi connectivity index (χ0) is 11.5. The molecule has 1 N–H and O–H groups in total. The van der Waals surface area contributed by atoms with Crippen molar-refractivity contribution in [2.75, 3.05) is 0 Å². The second-order valence-electron chi connectivity index (χ2n) is 3.53. The highest BCUT2D eigenvalue weighted by molar-refractivity contribution is 14.1. The van der Waals surface area contributed by atoms with Gasteiger partial charge in [0, 0.05) is 16.3 Å². The fourth-order valence-corrected chi connectivity index (χ4v) is 2.01. The van der Waals surface area contributed by atoms with Crippen LogP contribution in [0.15, 0.2) is 36.5 Å². The Morgan fingerprint density at radius 2 is 2.00 bits per heavy atom. The molecule has 2 aromatic rings. The Morgan fingerprint density at radius 3 is 2.62 bits per heavy atom. The molecule has 4 heteroatoms. The van der Waals surface area contributed by atoms with Crippen LogP contribution in [0.5, 0.6) is 0 Å². The summed E-state index contributed by atoms with van der Waals surface area (Å²) in [4.78, 5) is 0. The van der Waals surface area contributed by atoms with Gasteiger partial charge in [-0.05, 0) is 53.3 Å². The summed E-state index contributed by atoms with van der Waals surface area (Å²) in [6.07, 6.45) is 1.12. The van der Waals surface area contributed by atoms with E-state index < -0.39 is 6.10 Å². The topological polar surface area (TPSA) is 38.0 Å². The van der Waals surface area contributed by atoms with Crippen molar-refractivity contribution in [2.24, 2.45) is 0 Å². The third-order valence-corrected chi connectivity index (χ3v) is 3.23. The summed E-state index contributed by atoms with van der Waals surface area (Å²) in [5.41, 5.74) is 1.74. The summed E-state index contributed by atoms with van der Waals surface area (Å²) in [7, 11) is 0. The molecule has 0 bridgehead atoms. The lowest BCUT2D eigenvalue weighted by atomic mass is 10.1. The summed E-state index contributed by atoms with van der Waals surface area (Å²) >= 11 is 2.25. The first-order chi connectivity index (χ1) is 7.72. The standard InChI is InChI=1S/C12H13IN2O/c1-2-15-11(7-8-14-15)12(16)9-3-5-10(13)6-4-9/h3-8,12,16H,2H2,1H3. The van der Waals surface area contributed by atoms with Crippen molar-refractivity contribution in [3.8, 4) is 0 Å². The monoisotopic (exact) mass is 328 g/mol. The Bertz CT molecular complexity index is 464. The minimum atomic E-state index is -0.598. The van der Waals surface area contributed by atoms with Crippen LogP contribution in [0.1, 0.15) is 24.3 Å². The molecule has 0 fully saturated rings. The molecule has 2 rings (SSSR count). The van der Waals surface area contributed by atoms with E-state index in [2.05, 4.69) is 27.7 Å². The highest BCUT2D eigenvalue weighted by Gasteiger charge is 2.14. The van der Waals surface area contributed by atoms with Crippen LogP contribution in [0.25, 0.3) is 0 Å². The van der Waals surface area contributed by atoms with E-state index in [4.69, 9.17) is 0 Å². The average molecular weight is 328 g/mol. The van der Waals surface area contributed by atoms with E-state index in [1.807, 2.05) is 41.9 Å². The number of aryl methyl sites for hydroxylation is 1. The molecule has 1 heterocycles. The van der Waals surface area contributed by atoms with Gasteiger partial charge in [0.05, 0.1) is 5.69 Å². The van der Waals surface area contributed by atoms with Gasteiger partial charge in [-0.3, -0.25) is 4.68 Å². The van der Waals surface area contributed by atoms with Crippen LogP contribution in [0, 0.1) is 3.57 Å². The van der Waals surface area contributed by atoms with E-state index in [-0.39, 0.29) is 0 Å². The van der Waals surface area contributed by atoms with Crippen molar-refractivity contribution >= 4 is 22.6 Å². The maximum Gasteiger partial charge on any atom is 0.121 e. The minimum Gasteiger partial charge on any atom is -0.382 e. The van der Waals surface area contributed by atoms with Gasteiger partial charge in [-0.15, -0.1) is 0 Å². The van der Waals surface area contributed by atoms with Gasteiger partial charge in [0.15, 0.2) is 0 Å². The SMILES string of the molecule is CCn1nccc1C(O)c1ccc(I)cc1. The fourth-order valence-electron chi connectivity index (χ4n) is 1.66. The predicted octanol–water partition coefficient (Wildman–Crippen LogP) is 2.59. The molecule has 1 aromatic carbocycles. The Hall–Kier alpha value is -0.880. The number of aliphatic hydroxyl groups excluding tert-OH is 1. The van der Waals surface area contributed by atoms with Gasteiger partial charge in [-0.1, -0.05) is 12.1 Å². The summed E-state index contributed by atoms with van der Waals surface area (Å²) < 4.78 is 2.97. The number of aliphatic hydroxyl groups is 1. The van der Waals surface area contributed by atoms with Gasteiger partial charge in [-0.25, -0.2) is 0 Å². The van der Waals surface area contributed by atoms with E-state index in [9.17, 15) is 5.11 Å². The van der Waals surface area contributed by atoms with E-state index in [0.717, 1.165) is 21.4 Å². The highest BCUT2D eigenvalue weighted by atomic mass is 127. The molecule has 1 unspecified atom stereocenters. The number of nitrogens with zero attached hydrogens (tertiary/aromatic N) is 2. The molecule has 0 spiro atoms. The lowest BCUT2D eigenvalue weighted by molar-refractivity contribution is 0.208. The molecule has 1 aromatic heterocycles. The van der Waals surface area contributed by atoms with E-state index in [1.54, 1.807) is 6.20 Å². The average Bonchev–Trinajstić information content (AvgIpc) is 2.77. The van der Waals surface area contributed by atoms with Crippen molar-refractivity contribution in [3.05, 3.63) is 51.4 Å². The van der Waals surface area contributed by atoms with Gasteiger partial charge >= 0.3 is 0 Å². The zero-order valence-corrected chi connectivity index (χ0v) is 11.1. The van der Waals surface area contributed by atoms with Crippen LogP contribution in [0.3, 0.4) is 0 Å². The van der Waals surface area contributed by atoms with Gasteiger partial charge in [-0.2, -0.15) is 5.10 Å². The lowest BCUT2D eigenvalue weighted by Crippen LogP contribution is -2.08. The van der Waals surface area contributed by atoms with Crippen molar-refractivity contribution in [1.29, 1.82) is 0 Å². The Balaban J connectivity index is 2.31. The first-order valence-corrected chi connectivity index (χ1v) is 6.25.